The van der Waals surface area contributed by atoms with Crippen molar-refractivity contribution in [1.29, 1.82) is 0 Å². The van der Waals surface area contributed by atoms with Crippen LogP contribution in [0.3, 0.4) is 0 Å². The van der Waals surface area contributed by atoms with Gasteiger partial charge in [-0.3, -0.25) is 9.59 Å². The maximum atomic E-state index is 13.6. The third-order valence-corrected chi connectivity index (χ3v) is 7.52. The molecule has 1 aliphatic heterocycles. The normalized spacial score (nSPS) is 15.5. The van der Waals surface area contributed by atoms with Gasteiger partial charge in [-0.2, -0.15) is 0 Å². The molecule has 0 bridgehead atoms. The fourth-order valence-electron chi connectivity index (χ4n) is 5.01. The molecule has 1 fully saturated rings. The predicted molar refractivity (Wildman–Crippen MR) is 153 cm³/mol. The van der Waals surface area contributed by atoms with Crippen LogP contribution in [0.25, 0.3) is 0 Å². The molecule has 2 aromatic rings. The summed E-state index contributed by atoms with van der Waals surface area (Å²) in [5.74, 6) is 0.270. The number of benzene rings is 2. The van der Waals surface area contributed by atoms with Gasteiger partial charge < -0.3 is 10.2 Å². The summed E-state index contributed by atoms with van der Waals surface area (Å²) in [5, 5.41) is 3.23. The molecule has 2 amide bonds. The molecule has 3 rings (SSSR count). The Bertz CT molecular complexity index is 1080. The van der Waals surface area contributed by atoms with Gasteiger partial charge in [0.25, 0.3) is 0 Å². The van der Waals surface area contributed by atoms with E-state index in [4.69, 9.17) is 0 Å². The quantitative estimate of drug-likeness (QED) is 0.353. The van der Waals surface area contributed by atoms with E-state index < -0.39 is 5.41 Å². The second-order valence-corrected chi connectivity index (χ2v) is 9.96. The molecule has 0 radical (unpaired) electrons. The number of carbonyl (C=O) groups is 2. The Balaban J connectivity index is 1.62. The lowest BCUT2D eigenvalue weighted by Crippen LogP contribution is -2.50. The van der Waals surface area contributed by atoms with E-state index in [-0.39, 0.29) is 11.8 Å². The third kappa shape index (κ3) is 8.31. The van der Waals surface area contributed by atoms with Crippen LogP contribution in [0.1, 0.15) is 56.2 Å². The molecule has 0 saturated carbocycles. The second kappa shape index (κ2) is 14.4. The number of rotatable bonds is 12. The minimum atomic E-state index is -0.518. The number of aryl methyl sites for hydroxylation is 2. The van der Waals surface area contributed by atoms with Crippen molar-refractivity contribution in [1.82, 2.24) is 10.2 Å². The molecule has 0 aromatic heterocycles. The molecule has 196 valence electrons. The van der Waals surface area contributed by atoms with E-state index in [9.17, 15) is 9.59 Å². The Kier molecular flexibility index (Phi) is 10.9. The van der Waals surface area contributed by atoms with Gasteiger partial charge in [-0.1, -0.05) is 98.0 Å². The van der Waals surface area contributed by atoms with Gasteiger partial charge >= 0.3 is 0 Å². The molecule has 0 atom stereocenters. The van der Waals surface area contributed by atoms with Gasteiger partial charge in [0.2, 0.25) is 11.8 Å². The minimum absolute atomic E-state index is 0.0976. The molecule has 0 aliphatic carbocycles. The number of allylic oxidation sites excluding steroid dienone is 5. The van der Waals surface area contributed by atoms with Crippen LogP contribution in [0.5, 0.6) is 0 Å². The topological polar surface area (TPSA) is 49.4 Å². The summed E-state index contributed by atoms with van der Waals surface area (Å²) in [6.07, 6.45) is 12.9. The zero-order valence-corrected chi connectivity index (χ0v) is 22.5. The van der Waals surface area contributed by atoms with Gasteiger partial charge in [0.05, 0.1) is 5.41 Å². The summed E-state index contributed by atoms with van der Waals surface area (Å²) in [7, 11) is 0. The highest BCUT2D eigenvalue weighted by atomic mass is 16.2. The SMILES string of the molecule is C=C/C=C\C(=C/C)CC1(C(=O)NCCc2ccc(CC)cc2)CCN(C(=O)CCc2ccccc2)CC1. The first-order valence-electron chi connectivity index (χ1n) is 13.6. The number of amides is 2. The molecule has 1 saturated heterocycles. The molecule has 1 N–H and O–H groups in total. The van der Waals surface area contributed by atoms with E-state index in [1.165, 1.54) is 16.7 Å². The number of piperidine rings is 1. The van der Waals surface area contributed by atoms with Crippen LogP contribution in [0.4, 0.5) is 0 Å². The lowest BCUT2D eigenvalue weighted by molar-refractivity contribution is -0.140. The van der Waals surface area contributed by atoms with Crippen molar-refractivity contribution in [2.45, 2.75) is 58.8 Å². The largest absolute Gasteiger partial charge is 0.355 e. The first kappa shape index (κ1) is 28.2. The highest BCUT2D eigenvalue weighted by molar-refractivity contribution is 5.84. The summed E-state index contributed by atoms with van der Waals surface area (Å²) in [6, 6.07) is 18.8. The summed E-state index contributed by atoms with van der Waals surface area (Å²) < 4.78 is 0. The molecule has 0 spiro atoms. The number of carbonyl (C=O) groups excluding carboxylic acids is 2. The van der Waals surface area contributed by atoms with Crippen molar-refractivity contribution in [2.75, 3.05) is 19.6 Å². The number of hydrogen-bond donors (Lipinski definition) is 1. The molecule has 2 aromatic carbocycles. The Morgan fingerprint density at radius 2 is 1.62 bits per heavy atom. The molecule has 0 unspecified atom stereocenters. The van der Waals surface area contributed by atoms with Crippen LogP contribution in [0.2, 0.25) is 0 Å². The molecular weight excluding hydrogens is 456 g/mol. The summed E-state index contributed by atoms with van der Waals surface area (Å²) in [5.41, 5.74) is 4.33. The standard InChI is InChI=1S/C33H42N2O2/c1-4-7-11-28(6-3)26-33(32(37)34-23-20-30-16-14-27(5-2)15-17-30)21-24-35(25-22-33)31(36)19-18-29-12-9-8-10-13-29/h4,6-17H,1,5,18-26H2,2-3H3,(H,34,37)/b11-7-,28-6+. The number of likely N-dealkylation sites (tertiary alicyclic amines) is 1. The van der Waals surface area contributed by atoms with Crippen LogP contribution in [0.15, 0.2) is 91.1 Å². The number of hydrogen-bond acceptors (Lipinski definition) is 2. The number of nitrogens with zero attached hydrogens (tertiary/aromatic N) is 1. The van der Waals surface area contributed by atoms with E-state index in [0.29, 0.717) is 45.3 Å². The predicted octanol–water partition coefficient (Wildman–Crippen LogP) is 6.23. The van der Waals surface area contributed by atoms with Crippen molar-refractivity contribution in [3.05, 3.63) is 108 Å². The Morgan fingerprint density at radius 3 is 2.24 bits per heavy atom. The fraction of sp³-hybridized carbons (Fsp3) is 0.394. The molecule has 37 heavy (non-hydrogen) atoms. The van der Waals surface area contributed by atoms with Crippen molar-refractivity contribution >= 4 is 11.8 Å². The van der Waals surface area contributed by atoms with E-state index >= 15 is 0 Å². The average molecular weight is 499 g/mol. The maximum Gasteiger partial charge on any atom is 0.226 e. The highest BCUT2D eigenvalue weighted by Gasteiger charge is 2.42. The third-order valence-electron chi connectivity index (χ3n) is 7.52. The zero-order valence-electron chi connectivity index (χ0n) is 22.5. The number of nitrogens with one attached hydrogen (secondary N) is 1. The zero-order chi connectivity index (χ0) is 26.5. The van der Waals surface area contributed by atoms with Crippen LogP contribution >= 0.6 is 0 Å². The van der Waals surface area contributed by atoms with Gasteiger partial charge in [-0.05, 0) is 62.1 Å². The highest BCUT2D eigenvalue weighted by Crippen LogP contribution is 2.38. The Labute approximate surface area is 223 Å². The molecule has 1 aliphatic rings. The monoisotopic (exact) mass is 498 g/mol. The van der Waals surface area contributed by atoms with Crippen molar-refractivity contribution in [3.63, 3.8) is 0 Å². The van der Waals surface area contributed by atoms with Gasteiger partial charge in [-0.15, -0.1) is 0 Å². The van der Waals surface area contributed by atoms with Gasteiger partial charge in [0.1, 0.15) is 0 Å². The van der Waals surface area contributed by atoms with Crippen molar-refractivity contribution < 1.29 is 9.59 Å². The molecule has 4 heteroatoms. The first-order valence-corrected chi connectivity index (χ1v) is 13.6. The van der Waals surface area contributed by atoms with Crippen LogP contribution < -0.4 is 5.32 Å². The summed E-state index contributed by atoms with van der Waals surface area (Å²) >= 11 is 0. The van der Waals surface area contributed by atoms with Gasteiger partial charge in [0.15, 0.2) is 0 Å². The molecule has 4 nitrogen and oxygen atoms in total. The molecule has 1 heterocycles. The fourth-order valence-corrected chi connectivity index (χ4v) is 5.01. The lowest BCUT2D eigenvalue weighted by atomic mass is 9.72. The average Bonchev–Trinajstić information content (AvgIpc) is 2.95. The van der Waals surface area contributed by atoms with Crippen LogP contribution in [-0.2, 0) is 28.9 Å². The van der Waals surface area contributed by atoms with E-state index in [2.05, 4.69) is 61.3 Å². The van der Waals surface area contributed by atoms with E-state index in [1.54, 1.807) is 6.08 Å². The van der Waals surface area contributed by atoms with Crippen LogP contribution in [0, 0.1) is 5.41 Å². The molecular formula is C33H42N2O2. The Morgan fingerprint density at radius 1 is 0.973 bits per heavy atom. The summed E-state index contributed by atoms with van der Waals surface area (Å²) in [4.78, 5) is 28.5. The van der Waals surface area contributed by atoms with Gasteiger partial charge in [-0.25, -0.2) is 0 Å². The summed E-state index contributed by atoms with van der Waals surface area (Å²) in [6.45, 7) is 9.78. The maximum absolute atomic E-state index is 13.6. The van der Waals surface area contributed by atoms with E-state index in [0.717, 1.165) is 24.8 Å². The smallest absolute Gasteiger partial charge is 0.226 e. The lowest BCUT2D eigenvalue weighted by Gasteiger charge is -2.41. The van der Waals surface area contributed by atoms with E-state index in [1.807, 2.05) is 42.2 Å². The van der Waals surface area contributed by atoms with Gasteiger partial charge in [0, 0.05) is 26.1 Å². The second-order valence-electron chi connectivity index (χ2n) is 9.96. The van der Waals surface area contributed by atoms with Crippen LogP contribution in [-0.4, -0.2) is 36.3 Å². The Hall–Kier alpha value is -3.40. The minimum Gasteiger partial charge on any atom is -0.355 e. The van der Waals surface area contributed by atoms with Crippen molar-refractivity contribution in [3.8, 4) is 0 Å². The first-order chi connectivity index (χ1) is 18.0. The van der Waals surface area contributed by atoms with Crippen molar-refractivity contribution in [2.24, 2.45) is 5.41 Å².